The summed E-state index contributed by atoms with van der Waals surface area (Å²) < 4.78 is 0. The van der Waals surface area contributed by atoms with Crippen molar-refractivity contribution in [3.63, 3.8) is 0 Å². The molecule has 0 aromatic rings. The number of amidine groups is 1. The lowest BCUT2D eigenvalue weighted by molar-refractivity contribution is 0.258. The van der Waals surface area contributed by atoms with Crippen LogP contribution >= 0.6 is 0 Å². The van der Waals surface area contributed by atoms with Crippen LogP contribution in [0.4, 0.5) is 0 Å². The zero-order chi connectivity index (χ0) is 12.9. The molecule has 17 heavy (non-hydrogen) atoms. The van der Waals surface area contributed by atoms with Gasteiger partial charge >= 0.3 is 0 Å². The van der Waals surface area contributed by atoms with Gasteiger partial charge in [-0.15, -0.1) is 0 Å². The second-order valence-corrected chi connectivity index (χ2v) is 5.09. The first kappa shape index (κ1) is 13.9. The van der Waals surface area contributed by atoms with Crippen LogP contribution < -0.4 is 0 Å². The predicted octanol–water partition coefficient (Wildman–Crippen LogP) is 2.99. The Balaban J connectivity index is 2.82. The average molecular weight is 235 g/mol. The molecule has 0 saturated carbocycles. The van der Waals surface area contributed by atoms with E-state index in [4.69, 9.17) is 0 Å². The first-order chi connectivity index (χ1) is 8.07. The molecule has 0 amide bonds. The summed E-state index contributed by atoms with van der Waals surface area (Å²) in [6, 6.07) is 0. The number of hydrogen-bond acceptors (Lipinski definition) is 2. The molecule has 1 saturated heterocycles. The SMILES string of the molecule is C=C/N=C(\C=N/CC)N1CC(C)C(C)(CC)C1. The van der Waals surface area contributed by atoms with Crippen molar-refractivity contribution in [2.24, 2.45) is 21.3 Å². The molecule has 1 heterocycles. The third-order valence-corrected chi connectivity index (χ3v) is 3.98. The zero-order valence-electron chi connectivity index (χ0n) is 11.6. The van der Waals surface area contributed by atoms with Crippen LogP contribution in [0.15, 0.2) is 22.8 Å². The monoisotopic (exact) mass is 235 g/mol. The molecule has 3 nitrogen and oxygen atoms in total. The molecule has 1 fully saturated rings. The Bertz CT molecular complexity index is 319. The van der Waals surface area contributed by atoms with Crippen molar-refractivity contribution in [3.05, 3.63) is 12.8 Å². The molecule has 0 aliphatic carbocycles. The van der Waals surface area contributed by atoms with E-state index in [9.17, 15) is 0 Å². The molecule has 0 aromatic carbocycles. The van der Waals surface area contributed by atoms with Crippen LogP contribution in [0, 0.1) is 11.3 Å². The van der Waals surface area contributed by atoms with Crippen molar-refractivity contribution in [1.29, 1.82) is 0 Å². The quantitative estimate of drug-likeness (QED) is 0.544. The number of nitrogens with zero attached hydrogens (tertiary/aromatic N) is 3. The molecule has 0 spiro atoms. The van der Waals surface area contributed by atoms with Crippen LogP contribution in [0.25, 0.3) is 0 Å². The summed E-state index contributed by atoms with van der Waals surface area (Å²) in [6.07, 6.45) is 4.68. The Morgan fingerprint density at radius 1 is 1.53 bits per heavy atom. The van der Waals surface area contributed by atoms with E-state index < -0.39 is 0 Å². The van der Waals surface area contributed by atoms with Crippen LogP contribution in [0.3, 0.4) is 0 Å². The van der Waals surface area contributed by atoms with Gasteiger partial charge in [0, 0.05) is 25.8 Å². The maximum absolute atomic E-state index is 4.34. The van der Waals surface area contributed by atoms with Crippen molar-refractivity contribution >= 4 is 12.1 Å². The lowest BCUT2D eigenvalue weighted by Crippen LogP contribution is -2.31. The smallest absolute Gasteiger partial charge is 0.146 e. The fourth-order valence-corrected chi connectivity index (χ4v) is 2.31. The number of aliphatic imine (C=N–C) groups is 2. The molecule has 1 rings (SSSR count). The van der Waals surface area contributed by atoms with E-state index in [0.717, 1.165) is 25.5 Å². The third-order valence-electron chi connectivity index (χ3n) is 3.98. The normalized spacial score (nSPS) is 30.2. The Kier molecular flexibility index (Phi) is 4.91. The van der Waals surface area contributed by atoms with Gasteiger partial charge in [-0.25, -0.2) is 4.99 Å². The van der Waals surface area contributed by atoms with Gasteiger partial charge < -0.3 is 4.90 Å². The summed E-state index contributed by atoms with van der Waals surface area (Å²) in [7, 11) is 0. The first-order valence-corrected chi connectivity index (χ1v) is 6.50. The van der Waals surface area contributed by atoms with Crippen LogP contribution in [0.5, 0.6) is 0 Å². The van der Waals surface area contributed by atoms with Crippen LogP contribution in [-0.4, -0.2) is 36.6 Å². The van der Waals surface area contributed by atoms with Crippen LogP contribution in [0.1, 0.15) is 34.1 Å². The average Bonchev–Trinajstić information content (AvgIpc) is 2.62. The number of hydrogen-bond donors (Lipinski definition) is 0. The molecular formula is C14H25N3. The summed E-state index contributed by atoms with van der Waals surface area (Å²) in [6.45, 7) is 15.6. The molecule has 0 bridgehead atoms. The second kappa shape index (κ2) is 5.99. The maximum atomic E-state index is 4.34. The first-order valence-electron chi connectivity index (χ1n) is 6.50. The summed E-state index contributed by atoms with van der Waals surface area (Å²) >= 11 is 0. The second-order valence-electron chi connectivity index (χ2n) is 5.09. The van der Waals surface area contributed by atoms with Gasteiger partial charge in [0.1, 0.15) is 5.84 Å². The summed E-state index contributed by atoms with van der Waals surface area (Å²) in [4.78, 5) is 11.0. The lowest BCUT2D eigenvalue weighted by atomic mass is 9.79. The van der Waals surface area contributed by atoms with Gasteiger partial charge in [0.2, 0.25) is 0 Å². The highest BCUT2D eigenvalue weighted by molar-refractivity contribution is 6.29. The highest BCUT2D eigenvalue weighted by atomic mass is 15.2. The lowest BCUT2D eigenvalue weighted by Gasteiger charge is -2.26. The largest absolute Gasteiger partial charge is 0.355 e. The van der Waals surface area contributed by atoms with Gasteiger partial charge in [0.25, 0.3) is 0 Å². The van der Waals surface area contributed by atoms with Crippen molar-refractivity contribution < 1.29 is 0 Å². The molecule has 1 aliphatic heterocycles. The number of likely N-dealkylation sites (tertiary alicyclic amines) is 1. The zero-order valence-corrected chi connectivity index (χ0v) is 11.6. The van der Waals surface area contributed by atoms with Gasteiger partial charge in [-0.05, 0) is 24.7 Å². The van der Waals surface area contributed by atoms with E-state index in [-0.39, 0.29) is 0 Å². The summed E-state index contributed by atoms with van der Waals surface area (Å²) in [5.41, 5.74) is 0.391. The van der Waals surface area contributed by atoms with E-state index in [0.29, 0.717) is 11.3 Å². The molecule has 1 aliphatic rings. The van der Waals surface area contributed by atoms with E-state index >= 15 is 0 Å². The highest BCUT2D eigenvalue weighted by Gasteiger charge is 2.39. The van der Waals surface area contributed by atoms with E-state index in [1.54, 1.807) is 6.20 Å². The van der Waals surface area contributed by atoms with E-state index in [2.05, 4.69) is 42.2 Å². The van der Waals surface area contributed by atoms with Gasteiger partial charge in [0.05, 0.1) is 6.21 Å². The van der Waals surface area contributed by atoms with Crippen molar-refractivity contribution in [2.75, 3.05) is 19.6 Å². The summed E-state index contributed by atoms with van der Waals surface area (Å²) in [5, 5.41) is 0. The minimum Gasteiger partial charge on any atom is -0.355 e. The van der Waals surface area contributed by atoms with Gasteiger partial charge in [-0.2, -0.15) is 0 Å². The number of rotatable bonds is 4. The molecule has 96 valence electrons. The molecule has 0 radical (unpaired) electrons. The van der Waals surface area contributed by atoms with Crippen LogP contribution in [0.2, 0.25) is 0 Å². The van der Waals surface area contributed by atoms with Gasteiger partial charge in [-0.1, -0.05) is 27.4 Å². The Morgan fingerprint density at radius 3 is 2.71 bits per heavy atom. The van der Waals surface area contributed by atoms with Crippen molar-refractivity contribution in [1.82, 2.24) is 4.90 Å². The summed E-state index contributed by atoms with van der Waals surface area (Å²) in [5.74, 6) is 1.64. The standard InChI is InChI=1S/C14H25N3/c1-6-14(5)11-17(10-12(14)4)13(16-8-3)9-15-7-2/h8-9,12H,3,6-7,10-11H2,1-2,4-5H3/b15-9-,16-13+. The Hall–Kier alpha value is -1.12. The predicted molar refractivity (Wildman–Crippen MR) is 75.8 cm³/mol. The molecule has 0 N–H and O–H groups in total. The van der Waals surface area contributed by atoms with Crippen molar-refractivity contribution in [2.45, 2.75) is 34.1 Å². The van der Waals surface area contributed by atoms with E-state index in [1.165, 1.54) is 6.42 Å². The Morgan fingerprint density at radius 2 is 2.24 bits per heavy atom. The van der Waals surface area contributed by atoms with Crippen molar-refractivity contribution in [3.8, 4) is 0 Å². The van der Waals surface area contributed by atoms with Gasteiger partial charge in [0.15, 0.2) is 0 Å². The molecular weight excluding hydrogens is 210 g/mol. The Labute approximate surface area is 105 Å². The van der Waals surface area contributed by atoms with Gasteiger partial charge in [-0.3, -0.25) is 4.99 Å². The minimum atomic E-state index is 0.391. The fraction of sp³-hybridized carbons (Fsp3) is 0.714. The molecule has 2 unspecified atom stereocenters. The topological polar surface area (TPSA) is 28.0 Å². The third kappa shape index (κ3) is 3.18. The minimum absolute atomic E-state index is 0.391. The molecule has 0 aromatic heterocycles. The molecule has 2 atom stereocenters. The fourth-order valence-electron chi connectivity index (χ4n) is 2.31. The molecule has 3 heteroatoms. The maximum Gasteiger partial charge on any atom is 0.146 e. The highest BCUT2D eigenvalue weighted by Crippen LogP contribution is 2.38. The van der Waals surface area contributed by atoms with Crippen LogP contribution in [-0.2, 0) is 0 Å². The van der Waals surface area contributed by atoms with E-state index in [1.807, 2.05) is 13.1 Å².